The van der Waals surface area contributed by atoms with Crippen LogP contribution in [0.4, 0.5) is 5.13 Å². The van der Waals surface area contributed by atoms with Crippen molar-refractivity contribution in [3.8, 4) is 5.75 Å². The topological polar surface area (TPSA) is 78.3 Å². The molecular weight excluding hydrogens is 262 g/mol. The Morgan fingerprint density at radius 2 is 2.26 bits per heavy atom. The summed E-state index contributed by atoms with van der Waals surface area (Å²) in [6.45, 7) is 2.43. The lowest BCUT2D eigenvalue weighted by Crippen LogP contribution is -2.02. The van der Waals surface area contributed by atoms with Crippen molar-refractivity contribution in [1.29, 1.82) is 0 Å². The molecule has 0 aliphatic carbocycles. The third kappa shape index (κ3) is 2.37. The number of hydrogen-bond acceptors (Lipinski definition) is 6. The molecule has 7 heteroatoms. The maximum absolute atomic E-state index is 5.71. The van der Waals surface area contributed by atoms with Crippen LogP contribution in [0.1, 0.15) is 18.3 Å². The Kier molecular flexibility index (Phi) is 3.04. The summed E-state index contributed by atoms with van der Waals surface area (Å²) in [5.41, 5.74) is 6.86. The molecule has 6 nitrogen and oxygen atoms in total. The fourth-order valence-electron chi connectivity index (χ4n) is 1.77. The molecular formula is C12H13N5OS. The van der Waals surface area contributed by atoms with Crippen LogP contribution in [0, 0.1) is 0 Å². The van der Waals surface area contributed by atoms with Crippen LogP contribution in [0.3, 0.4) is 0 Å². The molecule has 1 aromatic carbocycles. The van der Waals surface area contributed by atoms with Crippen LogP contribution in [0.15, 0.2) is 24.3 Å². The summed E-state index contributed by atoms with van der Waals surface area (Å²) in [4.78, 5) is 0.679. The largest absolute Gasteiger partial charge is 0.486 e. The standard InChI is InChI=1S/C12H13N5OS/c1-2-8-4-3-5-9(6-8)18-7-10-14-15-12-17(10)16-11(13)19-12/h3-6H,2,7H2,1H3,(H2,13,16). The van der Waals surface area contributed by atoms with Crippen molar-refractivity contribution in [3.05, 3.63) is 35.7 Å². The maximum atomic E-state index is 5.71. The van der Waals surface area contributed by atoms with Gasteiger partial charge >= 0.3 is 0 Å². The molecule has 0 saturated heterocycles. The van der Waals surface area contributed by atoms with Gasteiger partial charge in [0.1, 0.15) is 12.4 Å². The van der Waals surface area contributed by atoms with Crippen molar-refractivity contribution in [2.75, 3.05) is 5.73 Å². The van der Waals surface area contributed by atoms with E-state index in [1.165, 1.54) is 16.9 Å². The SMILES string of the molecule is CCc1cccc(OCc2nnc3sc(N)nn23)c1. The summed E-state index contributed by atoms with van der Waals surface area (Å²) in [5.74, 6) is 1.46. The summed E-state index contributed by atoms with van der Waals surface area (Å²) in [6, 6.07) is 8.00. The third-order valence-corrected chi connectivity index (χ3v) is 3.47. The zero-order valence-corrected chi connectivity index (χ0v) is 11.2. The number of aryl methyl sites for hydroxylation is 1. The molecule has 0 aliphatic heterocycles. The van der Waals surface area contributed by atoms with E-state index in [9.17, 15) is 0 Å². The summed E-state index contributed by atoms with van der Waals surface area (Å²) in [6.07, 6.45) is 0.981. The second-order valence-corrected chi connectivity index (χ2v) is 5.03. The number of ether oxygens (including phenoxy) is 1. The Labute approximate surface area is 113 Å². The molecule has 0 radical (unpaired) electrons. The first-order chi connectivity index (χ1) is 9.26. The van der Waals surface area contributed by atoms with E-state index in [2.05, 4.69) is 28.3 Å². The van der Waals surface area contributed by atoms with Crippen LogP contribution in [-0.2, 0) is 13.0 Å². The van der Waals surface area contributed by atoms with Gasteiger partial charge in [-0.05, 0) is 24.1 Å². The second kappa shape index (κ2) is 4.85. The molecule has 0 saturated carbocycles. The van der Waals surface area contributed by atoms with Gasteiger partial charge < -0.3 is 10.5 Å². The lowest BCUT2D eigenvalue weighted by molar-refractivity contribution is 0.292. The average Bonchev–Trinajstić information content (AvgIpc) is 2.96. The van der Waals surface area contributed by atoms with Crippen LogP contribution < -0.4 is 10.5 Å². The highest BCUT2D eigenvalue weighted by atomic mass is 32.1. The number of hydrogen-bond donors (Lipinski definition) is 1. The van der Waals surface area contributed by atoms with E-state index < -0.39 is 0 Å². The summed E-state index contributed by atoms with van der Waals surface area (Å²) in [7, 11) is 0. The van der Waals surface area contributed by atoms with E-state index in [-0.39, 0.29) is 0 Å². The van der Waals surface area contributed by atoms with Crippen LogP contribution >= 0.6 is 11.3 Å². The van der Waals surface area contributed by atoms with Crippen molar-refractivity contribution >= 4 is 21.4 Å². The number of aromatic nitrogens is 4. The molecule has 0 aliphatic rings. The van der Waals surface area contributed by atoms with Gasteiger partial charge in [-0.3, -0.25) is 0 Å². The van der Waals surface area contributed by atoms with E-state index in [1.54, 1.807) is 4.52 Å². The quantitative estimate of drug-likeness (QED) is 0.787. The van der Waals surface area contributed by atoms with Crippen LogP contribution in [0.25, 0.3) is 4.96 Å². The van der Waals surface area contributed by atoms with Crippen molar-refractivity contribution in [3.63, 3.8) is 0 Å². The molecule has 0 bridgehead atoms. The van der Waals surface area contributed by atoms with Gasteiger partial charge in [0, 0.05) is 0 Å². The first-order valence-electron chi connectivity index (χ1n) is 5.94. The van der Waals surface area contributed by atoms with Crippen molar-refractivity contribution < 1.29 is 4.74 Å². The first-order valence-corrected chi connectivity index (χ1v) is 6.76. The van der Waals surface area contributed by atoms with Gasteiger partial charge in [-0.25, -0.2) is 0 Å². The predicted molar refractivity (Wildman–Crippen MR) is 73.2 cm³/mol. The van der Waals surface area contributed by atoms with Gasteiger partial charge in [0.05, 0.1) is 0 Å². The number of nitrogens with two attached hydrogens (primary N) is 1. The third-order valence-electron chi connectivity index (χ3n) is 2.75. The minimum absolute atomic E-state index is 0.317. The highest BCUT2D eigenvalue weighted by Crippen LogP contribution is 2.18. The smallest absolute Gasteiger partial charge is 0.236 e. The Morgan fingerprint density at radius 3 is 3.11 bits per heavy atom. The monoisotopic (exact) mass is 275 g/mol. The van der Waals surface area contributed by atoms with Gasteiger partial charge in [0.15, 0.2) is 5.82 Å². The highest BCUT2D eigenvalue weighted by molar-refractivity contribution is 7.20. The van der Waals surface area contributed by atoms with Crippen molar-refractivity contribution in [2.45, 2.75) is 20.0 Å². The number of rotatable bonds is 4. The number of nitrogens with zero attached hydrogens (tertiary/aromatic N) is 4. The molecule has 2 N–H and O–H groups in total. The van der Waals surface area contributed by atoms with Crippen molar-refractivity contribution in [2.24, 2.45) is 0 Å². The van der Waals surface area contributed by atoms with E-state index in [0.717, 1.165) is 12.2 Å². The highest BCUT2D eigenvalue weighted by Gasteiger charge is 2.10. The Hall–Kier alpha value is -2.15. The molecule has 3 rings (SSSR count). The van der Waals surface area contributed by atoms with Gasteiger partial charge in [0.25, 0.3) is 0 Å². The summed E-state index contributed by atoms with van der Waals surface area (Å²) < 4.78 is 7.33. The molecule has 2 heterocycles. The van der Waals surface area contributed by atoms with E-state index >= 15 is 0 Å². The minimum atomic E-state index is 0.317. The van der Waals surface area contributed by atoms with Crippen LogP contribution in [-0.4, -0.2) is 19.8 Å². The zero-order valence-electron chi connectivity index (χ0n) is 10.4. The fourth-order valence-corrected chi connectivity index (χ4v) is 2.39. The van der Waals surface area contributed by atoms with Crippen LogP contribution in [0.2, 0.25) is 0 Å². The molecule has 3 aromatic rings. The molecule has 0 amide bonds. The summed E-state index contributed by atoms with van der Waals surface area (Å²) >= 11 is 1.30. The summed E-state index contributed by atoms with van der Waals surface area (Å²) in [5, 5.41) is 12.6. The first kappa shape index (κ1) is 11.9. The number of nitrogen functional groups attached to an aromatic ring is 1. The van der Waals surface area contributed by atoms with E-state index in [1.807, 2.05) is 18.2 Å². The van der Waals surface area contributed by atoms with E-state index in [4.69, 9.17) is 10.5 Å². The molecule has 0 fully saturated rings. The molecule has 0 spiro atoms. The van der Waals surface area contributed by atoms with Gasteiger partial charge in [-0.15, -0.1) is 15.3 Å². The Bertz CT molecular complexity index is 705. The molecule has 19 heavy (non-hydrogen) atoms. The van der Waals surface area contributed by atoms with E-state index in [0.29, 0.717) is 22.5 Å². The molecule has 2 aromatic heterocycles. The average molecular weight is 275 g/mol. The predicted octanol–water partition coefficient (Wildman–Crippen LogP) is 1.91. The Morgan fingerprint density at radius 1 is 1.37 bits per heavy atom. The lowest BCUT2D eigenvalue weighted by Gasteiger charge is -2.05. The second-order valence-electron chi connectivity index (χ2n) is 4.04. The minimum Gasteiger partial charge on any atom is -0.486 e. The van der Waals surface area contributed by atoms with Gasteiger partial charge in [0.2, 0.25) is 10.1 Å². The molecule has 0 atom stereocenters. The fraction of sp³-hybridized carbons (Fsp3) is 0.250. The van der Waals surface area contributed by atoms with Gasteiger partial charge in [-0.1, -0.05) is 30.4 Å². The lowest BCUT2D eigenvalue weighted by atomic mass is 10.2. The molecule has 0 unspecified atom stereocenters. The number of benzene rings is 1. The molecule has 98 valence electrons. The van der Waals surface area contributed by atoms with Crippen LogP contribution in [0.5, 0.6) is 5.75 Å². The van der Waals surface area contributed by atoms with Crippen molar-refractivity contribution in [1.82, 2.24) is 19.8 Å². The normalized spacial score (nSPS) is 11.0. The Balaban J connectivity index is 1.78. The zero-order chi connectivity index (χ0) is 13.2. The maximum Gasteiger partial charge on any atom is 0.236 e. The number of fused-ring (bicyclic) bond motifs is 1. The van der Waals surface area contributed by atoms with Gasteiger partial charge in [-0.2, -0.15) is 4.52 Å². The number of anilines is 1.